The second kappa shape index (κ2) is 8.57. The summed E-state index contributed by atoms with van der Waals surface area (Å²) >= 11 is 0. The number of hydrogen-bond acceptors (Lipinski definition) is 4. The molecule has 0 bridgehead atoms. The van der Waals surface area contributed by atoms with Crippen molar-refractivity contribution in [3.63, 3.8) is 0 Å². The first-order valence-electron chi connectivity index (χ1n) is 11.6. The Hall–Kier alpha value is -3.71. The monoisotopic (exact) mass is 456 g/mol. The number of aryl methyl sites for hydroxylation is 2. The molecule has 3 heterocycles. The van der Waals surface area contributed by atoms with Crippen LogP contribution in [0.4, 0.5) is 0 Å². The van der Waals surface area contributed by atoms with Gasteiger partial charge in [-0.3, -0.25) is 14.2 Å². The molecular formula is C27H28N4O3. The van der Waals surface area contributed by atoms with Crippen LogP contribution in [0.3, 0.4) is 0 Å². The highest BCUT2D eigenvalue weighted by atomic mass is 16.3. The van der Waals surface area contributed by atoms with E-state index in [1.54, 1.807) is 23.2 Å². The summed E-state index contributed by atoms with van der Waals surface area (Å²) in [6.07, 6.45) is 3.97. The molecular weight excluding hydrogens is 428 g/mol. The fourth-order valence-electron chi connectivity index (χ4n) is 4.61. The van der Waals surface area contributed by atoms with Gasteiger partial charge in [0.2, 0.25) is 0 Å². The van der Waals surface area contributed by atoms with Gasteiger partial charge in [0.1, 0.15) is 11.8 Å². The van der Waals surface area contributed by atoms with Crippen LogP contribution in [-0.4, -0.2) is 48.8 Å². The molecule has 1 saturated heterocycles. The highest BCUT2D eigenvalue weighted by molar-refractivity contribution is 5.95. The molecule has 1 aliphatic heterocycles. The fourth-order valence-corrected chi connectivity index (χ4v) is 4.61. The molecule has 7 nitrogen and oxygen atoms in total. The predicted octanol–water partition coefficient (Wildman–Crippen LogP) is 3.45. The van der Waals surface area contributed by atoms with Gasteiger partial charge in [0, 0.05) is 24.8 Å². The van der Waals surface area contributed by atoms with Crippen molar-refractivity contribution in [2.75, 3.05) is 13.1 Å². The third kappa shape index (κ3) is 4.15. The van der Waals surface area contributed by atoms with Gasteiger partial charge in [-0.15, -0.1) is 0 Å². The van der Waals surface area contributed by atoms with E-state index in [1.807, 2.05) is 24.3 Å². The first-order chi connectivity index (χ1) is 16.3. The maximum atomic E-state index is 13.2. The van der Waals surface area contributed by atoms with E-state index in [0.29, 0.717) is 37.0 Å². The van der Waals surface area contributed by atoms with E-state index in [4.69, 9.17) is 0 Å². The van der Waals surface area contributed by atoms with Gasteiger partial charge < -0.3 is 10.0 Å². The van der Waals surface area contributed by atoms with Gasteiger partial charge in [0.25, 0.3) is 11.5 Å². The standard InChI is InChI=1S/C27H28N4O3/c1-19-8-9-22(15-20(19)2)21-5-3-6-23(16-21)25(32)29-13-10-27(34,11-14-29)17-30-18-28-31-12-4-7-24(31)26(30)33/h3-9,12,15-16,18,34H,10-11,13-14,17H2,1-2H3. The molecule has 2 aromatic carbocycles. The van der Waals surface area contributed by atoms with Gasteiger partial charge in [-0.05, 0) is 73.2 Å². The van der Waals surface area contributed by atoms with E-state index in [1.165, 1.54) is 26.5 Å². The summed E-state index contributed by atoms with van der Waals surface area (Å²) in [4.78, 5) is 27.7. The number of amides is 1. The Kier molecular flexibility index (Phi) is 5.57. The first kappa shape index (κ1) is 22.1. The molecule has 4 aromatic rings. The molecule has 7 heteroatoms. The summed E-state index contributed by atoms with van der Waals surface area (Å²) in [6, 6.07) is 17.5. The number of nitrogens with zero attached hydrogens (tertiary/aromatic N) is 4. The summed E-state index contributed by atoms with van der Waals surface area (Å²) in [6.45, 7) is 5.19. The molecule has 0 radical (unpaired) electrons. The average Bonchev–Trinajstić information content (AvgIpc) is 3.33. The van der Waals surface area contributed by atoms with E-state index in [2.05, 4.69) is 37.1 Å². The third-order valence-corrected chi connectivity index (χ3v) is 6.92. The number of fused-ring (bicyclic) bond motifs is 1. The van der Waals surface area contributed by atoms with Gasteiger partial charge in [-0.1, -0.05) is 30.3 Å². The van der Waals surface area contributed by atoms with E-state index in [-0.39, 0.29) is 18.0 Å². The SMILES string of the molecule is Cc1ccc(-c2cccc(C(=O)N3CCC(O)(Cn4cnn5cccc5c4=O)CC3)c2)cc1C. The highest BCUT2D eigenvalue weighted by Crippen LogP contribution is 2.27. The third-order valence-electron chi connectivity index (χ3n) is 6.92. The predicted molar refractivity (Wildman–Crippen MR) is 131 cm³/mol. The number of benzene rings is 2. The summed E-state index contributed by atoms with van der Waals surface area (Å²) in [5.74, 6) is -0.0406. The van der Waals surface area contributed by atoms with Gasteiger partial charge in [0.05, 0.1) is 12.1 Å². The summed E-state index contributed by atoms with van der Waals surface area (Å²) in [5.41, 5.74) is 4.42. The normalized spacial score (nSPS) is 15.6. The van der Waals surface area contributed by atoms with Crippen molar-refractivity contribution in [1.82, 2.24) is 19.1 Å². The van der Waals surface area contributed by atoms with Crippen molar-refractivity contribution in [3.8, 4) is 11.1 Å². The zero-order valence-electron chi connectivity index (χ0n) is 19.4. The van der Waals surface area contributed by atoms with Gasteiger partial charge in [0.15, 0.2) is 0 Å². The maximum Gasteiger partial charge on any atom is 0.277 e. The highest BCUT2D eigenvalue weighted by Gasteiger charge is 2.35. The molecule has 174 valence electrons. The Morgan fingerprint density at radius 1 is 1.00 bits per heavy atom. The Balaban J connectivity index is 1.28. The van der Waals surface area contributed by atoms with Crippen LogP contribution in [0, 0.1) is 13.8 Å². The lowest BCUT2D eigenvalue weighted by atomic mass is 9.90. The topological polar surface area (TPSA) is 79.8 Å². The van der Waals surface area contributed by atoms with Crippen molar-refractivity contribution < 1.29 is 9.90 Å². The Morgan fingerprint density at radius 3 is 2.53 bits per heavy atom. The smallest absolute Gasteiger partial charge is 0.277 e. The molecule has 34 heavy (non-hydrogen) atoms. The van der Waals surface area contributed by atoms with E-state index in [0.717, 1.165) is 11.1 Å². The average molecular weight is 457 g/mol. The number of carbonyl (C=O) groups is 1. The summed E-state index contributed by atoms with van der Waals surface area (Å²) in [5, 5.41) is 15.4. The number of likely N-dealkylation sites (tertiary alicyclic amines) is 1. The van der Waals surface area contributed by atoms with Crippen LogP contribution in [0.25, 0.3) is 16.6 Å². The minimum Gasteiger partial charge on any atom is -0.388 e. The number of piperidine rings is 1. The number of aliphatic hydroxyl groups is 1. The lowest BCUT2D eigenvalue weighted by Crippen LogP contribution is -2.49. The Labute approximate surface area is 197 Å². The molecule has 0 saturated carbocycles. The second-order valence-corrected chi connectivity index (χ2v) is 9.30. The summed E-state index contributed by atoms with van der Waals surface area (Å²) in [7, 11) is 0. The van der Waals surface area contributed by atoms with Crippen molar-refractivity contribution in [2.45, 2.75) is 38.8 Å². The largest absolute Gasteiger partial charge is 0.388 e. The number of carbonyl (C=O) groups excluding carboxylic acids is 1. The van der Waals surface area contributed by atoms with Crippen LogP contribution in [0.1, 0.15) is 34.3 Å². The van der Waals surface area contributed by atoms with Crippen molar-refractivity contribution >= 4 is 11.4 Å². The Morgan fingerprint density at radius 2 is 1.76 bits per heavy atom. The molecule has 1 fully saturated rings. The molecule has 2 aromatic heterocycles. The summed E-state index contributed by atoms with van der Waals surface area (Å²) < 4.78 is 2.98. The van der Waals surface area contributed by atoms with Crippen molar-refractivity contribution in [3.05, 3.63) is 94.2 Å². The fraction of sp³-hybridized carbons (Fsp3) is 0.296. The van der Waals surface area contributed by atoms with Crippen molar-refractivity contribution in [1.29, 1.82) is 0 Å². The van der Waals surface area contributed by atoms with E-state index < -0.39 is 5.60 Å². The van der Waals surface area contributed by atoms with Crippen molar-refractivity contribution in [2.24, 2.45) is 0 Å². The molecule has 0 unspecified atom stereocenters. The number of hydrogen-bond donors (Lipinski definition) is 1. The van der Waals surface area contributed by atoms with E-state index >= 15 is 0 Å². The maximum absolute atomic E-state index is 13.2. The quantitative estimate of drug-likeness (QED) is 0.510. The zero-order chi connectivity index (χ0) is 23.9. The van der Waals surface area contributed by atoms with Gasteiger partial charge in [-0.25, -0.2) is 4.52 Å². The van der Waals surface area contributed by atoms with E-state index in [9.17, 15) is 14.7 Å². The molecule has 5 rings (SSSR count). The van der Waals surface area contributed by atoms with Crippen LogP contribution in [-0.2, 0) is 6.54 Å². The minimum absolute atomic E-state index is 0.0406. The minimum atomic E-state index is -1.06. The Bertz CT molecular complexity index is 1430. The first-order valence-corrected chi connectivity index (χ1v) is 11.6. The molecule has 0 spiro atoms. The zero-order valence-corrected chi connectivity index (χ0v) is 19.4. The lowest BCUT2D eigenvalue weighted by molar-refractivity contribution is -0.0300. The molecule has 1 N–H and O–H groups in total. The molecule has 1 amide bonds. The van der Waals surface area contributed by atoms with Crippen LogP contribution < -0.4 is 5.56 Å². The molecule has 0 aliphatic carbocycles. The van der Waals surface area contributed by atoms with Crippen LogP contribution in [0.5, 0.6) is 0 Å². The lowest BCUT2D eigenvalue weighted by Gasteiger charge is -2.38. The van der Waals surface area contributed by atoms with Crippen LogP contribution >= 0.6 is 0 Å². The molecule has 0 atom stereocenters. The van der Waals surface area contributed by atoms with Gasteiger partial charge >= 0.3 is 0 Å². The van der Waals surface area contributed by atoms with Gasteiger partial charge in [-0.2, -0.15) is 5.10 Å². The molecule has 1 aliphatic rings. The number of rotatable bonds is 4. The second-order valence-electron chi connectivity index (χ2n) is 9.30. The van der Waals surface area contributed by atoms with Crippen LogP contribution in [0.15, 0.2) is 71.9 Å². The number of aromatic nitrogens is 3. The van der Waals surface area contributed by atoms with Crippen LogP contribution in [0.2, 0.25) is 0 Å².